The number of pyridine rings is 1. The van der Waals surface area contributed by atoms with Gasteiger partial charge >= 0.3 is 5.69 Å². The molecule has 0 spiro atoms. The molecule has 0 saturated carbocycles. The third kappa shape index (κ3) is 3.35. The second-order valence-electron chi connectivity index (χ2n) is 5.92. The first-order valence-corrected chi connectivity index (χ1v) is 9.01. The average Bonchev–Trinajstić information content (AvgIpc) is 3.13. The number of H-pyrrole nitrogens is 1. The lowest BCUT2D eigenvalue weighted by molar-refractivity contribution is -0.475. The van der Waals surface area contributed by atoms with Gasteiger partial charge in [0.25, 0.3) is 0 Å². The summed E-state index contributed by atoms with van der Waals surface area (Å²) in [4.78, 5) is 23.6. The van der Waals surface area contributed by atoms with E-state index in [9.17, 15) is 4.91 Å². The summed E-state index contributed by atoms with van der Waals surface area (Å²) in [6.45, 7) is 0. The molecule has 4 rings (SSSR count). The molecule has 0 aliphatic heterocycles. The predicted molar refractivity (Wildman–Crippen MR) is 109 cm³/mol. The van der Waals surface area contributed by atoms with Crippen LogP contribution >= 0.6 is 23.2 Å². The van der Waals surface area contributed by atoms with Gasteiger partial charge in [-0.05, 0) is 18.2 Å². The number of hydrazine groups is 1. The lowest BCUT2D eigenvalue weighted by Gasteiger charge is -2.03. The Bertz CT molecular complexity index is 1140. The van der Waals surface area contributed by atoms with Crippen molar-refractivity contribution in [2.24, 2.45) is 5.84 Å². The Morgan fingerprint density at radius 2 is 1.68 bits per heavy atom. The molecule has 137 valence electrons. The van der Waals surface area contributed by atoms with E-state index in [0.717, 1.165) is 5.56 Å². The zero-order valence-corrected chi connectivity index (χ0v) is 15.9. The molecular formula is C20H13Cl2N5O+. The molecule has 28 heavy (non-hydrogen) atoms. The minimum Gasteiger partial charge on any atom is -0.336 e. The third-order valence-electron chi connectivity index (χ3n) is 4.13. The lowest BCUT2D eigenvalue weighted by Crippen LogP contribution is -2.09. The number of hydrogen-bond donors (Lipinski definition) is 2. The summed E-state index contributed by atoms with van der Waals surface area (Å²) < 4.78 is 0. The highest BCUT2D eigenvalue weighted by Crippen LogP contribution is 2.37. The zero-order valence-electron chi connectivity index (χ0n) is 14.4. The molecule has 2 heterocycles. The van der Waals surface area contributed by atoms with Crippen molar-refractivity contribution >= 4 is 28.9 Å². The van der Waals surface area contributed by atoms with Crippen molar-refractivity contribution in [3.05, 3.63) is 81.8 Å². The standard InChI is InChI=1S/C20H13Cl2N5O/c21-14-7-4-8-15(22)17(14)20-25-18(12-5-2-1-3-6-12)19(26-20)16-10-9-13(11-24-16)27(23)28/h1-10H,(H2,23,28)(H,25,26)/q+1. The number of nitrogens with two attached hydrogens (primary N) is 1. The van der Waals surface area contributed by atoms with Crippen molar-refractivity contribution in [2.45, 2.75) is 0 Å². The van der Waals surface area contributed by atoms with E-state index in [1.165, 1.54) is 6.07 Å². The lowest BCUT2D eigenvalue weighted by atomic mass is 10.1. The van der Waals surface area contributed by atoms with E-state index in [1.807, 2.05) is 30.3 Å². The number of hydrogen-bond acceptors (Lipinski definition) is 3. The van der Waals surface area contributed by atoms with Crippen LogP contribution in [0.3, 0.4) is 0 Å². The van der Waals surface area contributed by atoms with Crippen LogP contribution in [0.4, 0.5) is 5.69 Å². The summed E-state index contributed by atoms with van der Waals surface area (Å²) in [6, 6.07) is 18.1. The topological polar surface area (TPSA) is 87.7 Å². The monoisotopic (exact) mass is 409 g/mol. The van der Waals surface area contributed by atoms with Gasteiger partial charge in [0.2, 0.25) is 0 Å². The first-order valence-electron chi connectivity index (χ1n) is 8.25. The molecule has 4 aromatic rings. The van der Waals surface area contributed by atoms with Gasteiger partial charge in [0.05, 0.1) is 37.6 Å². The highest BCUT2D eigenvalue weighted by molar-refractivity contribution is 6.39. The predicted octanol–water partition coefficient (Wildman–Crippen LogP) is 5.20. The van der Waals surface area contributed by atoms with Crippen molar-refractivity contribution in [3.8, 4) is 34.0 Å². The van der Waals surface area contributed by atoms with Crippen LogP contribution in [-0.2, 0) is 0 Å². The minimum absolute atomic E-state index is 0.124. The van der Waals surface area contributed by atoms with E-state index >= 15 is 0 Å². The Morgan fingerprint density at radius 1 is 0.964 bits per heavy atom. The summed E-state index contributed by atoms with van der Waals surface area (Å²) in [6.07, 6.45) is 2.62. The van der Waals surface area contributed by atoms with Crippen LogP contribution in [0.15, 0.2) is 60.7 Å². The molecule has 1 radical (unpaired) electrons. The van der Waals surface area contributed by atoms with Crippen LogP contribution in [0.2, 0.25) is 10.0 Å². The Balaban J connectivity index is 1.92. The second kappa shape index (κ2) is 7.42. The van der Waals surface area contributed by atoms with Crippen LogP contribution in [0.5, 0.6) is 0 Å². The molecule has 2 aromatic carbocycles. The van der Waals surface area contributed by atoms with E-state index in [-0.39, 0.29) is 10.6 Å². The van der Waals surface area contributed by atoms with Crippen LogP contribution < -0.4 is 5.84 Å². The Morgan fingerprint density at radius 3 is 2.29 bits per heavy atom. The van der Waals surface area contributed by atoms with Crippen molar-refractivity contribution in [2.75, 3.05) is 0 Å². The molecule has 0 bridgehead atoms. The number of aromatic nitrogens is 3. The zero-order chi connectivity index (χ0) is 19.7. The van der Waals surface area contributed by atoms with E-state index < -0.39 is 0 Å². The Kier molecular flexibility index (Phi) is 4.81. The number of nitrogens with one attached hydrogen (secondary N) is 1. The first-order chi connectivity index (χ1) is 13.5. The minimum atomic E-state index is 0.124. The number of benzene rings is 2. The van der Waals surface area contributed by atoms with Crippen LogP contribution in [0.1, 0.15) is 0 Å². The van der Waals surface area contributed by atoms with Crippen molar-refractivity contribution < 1.29 is 4.87 Å². The molecule has 0 amide bonds. The molecule has 0 atom stereocenters. The molecule has 2 aromatic heterocycles. The van der Waals surface area contributed by atoms with Gasteiger partial charge in [-0.15, -0.1) is 0 Å². The van der Waals surface area contributed by atoms with Crippen LogP contribution in [0, 0.1) is 11.1 Å². The molecular weight excluding hydrogens is 397 g/mol. The molecule has 0 fully saturated rings. The summed E-state index contributed by atoms with van der Waals surface area (Å²) >= 11 is 12.7. The molecule has 0 unspecified atom stereocenters. The molecule has 8 heteroatoms. The van der Waals surface area contributed by atoms with Crippen LogP contribution in [-0.4, -0.2) is 19.8 Å². The smallest absolute Gasteiger partial charge is 0.319 e. The quantitative estimate of drug-likeness (QED) is 0.275. The Labute approximate surface area is 170 Å². The largest absolute Gasteiger partial charge is 0.336 e. The third-order valence-corrected chi connectivity index (χ3v) is 4.76. The van der Waals surface area contributed by atoms with Gasteiger partial charge in [0.15, 0.2) is 11.1 Å². The van der Waals surface area contributed by atoms with Gasteiger partial charge in [-0.3, -0.25) is 0 Å². The van der Waals surface area contributed by atoms with Crippen molar-refractivity contribution in [1.82, 2.24) is 15.0 Å². The van der Waals surface area contributed by atoms with Crippen LogP contribution in [0.25, 0.3) is 34.0 Å². The normalized spacial score (nSPS) is 10.8. The fraction of sp³-hybridized carbons (Fsp3) is 0. The van der Waals surface area contributed by atoms with Crippen molar-refractivity contribution in [3.63, 3.8) is 0 Å². The van der Waals surface area contributed by atoms with E-state index in [2.05, 4.69) is 16.2 Å². The van der Waals surface area contributed by atoms with E-state index in [1.54, 1.807) is 24.3 Å². The molecule has 0 saturated heterocycles. The van der Waals surface area contributed by atoms with Gasteiger partial charge in [-0.25, -0.2) is 9.97 Å². The maximum Gasteiger partial charge on any atom is 0.319 e. The number of nitroso groups, excluding NO2 is 1. The van der Waals surface area contributed by atoms with Gasteiger partial charge in [-0.1, -0.05) is 59.6 Å². The number of halogens is 2. The molecule has 3 N–H and O–H groups in total. The van der Waals surface area contributed by atoms with Gasteiger partial charge in [0.1, 0.15) is 5.82 Å². The fourth-order valence-electron chi connectivity index (χ4n) is 2.82. The SMILES string of the molecule is N[N+](=O)c1[c]nc(-c2[nH]c(-c3c(Cl)cccc3Cl)nc2-c2ccccc2)cc1. The molecule has 6 nitrogen and oxygen atoms in total. The highest BCUT2D eigenvalue weighted by Gasteiger charge is 2.20. The van der Waals surface area contributed by atoms with Gasteiger partial charge < -0.3 is 4.98 Å². The number of nitrogens with zero attached hydrogens (tertiary/aromatic N) is 3. The number of rotatable bonds is 4. The summed E-state index contributed by atoms with van der Waals surface area (Å²) in [5, 5.41) is 0.958. The molecule has 0 aliphatic carbocycles. The number of aromatic amines is 1. The summed E-state index contributed by atoms with van der Waals surface area (Å²) in [7, 11) is 0. The maximum atomic E-state index is 11.2. The molecule has 0 aliphatic rings. The van der Waals surface area contributed by atoms with Crippen molar-refractivity contribution in [1.29, 1.82) is 0 Å². The van der Waals surface area contributed by atoms with Gasteiger partial charge in [-0.2, -0.15) is 5.84 Å². The highest BCUT2D eigenvalue weighted by atomic mass is 35.5. The Hall–Kier alpha value is -3.22. The summed E-state index contributed by atoms with van der Waals surface area (Å²) in [5.74, 6) is 5.71. The van der Waals surface area contributed by atoms with E-state index in [0.29, 0.717) is 38.5 Å². The van der Waals surface area contributed by atoms with Gasteiger partial charge in [0, 0.05) is 11.6 Å². The van der Waals surface area contributed by atoms with E-state index in [4.69, 9.17) is 34.0 Å². The second-order valence-corrected chi connectivity index (χ2v) is 6.74. The fourth-order valence-corrected chi connectivity index (χ4v) is 3.39. The number of imidazole rings is 1. The average molecular weight is 410 g/mol. The maximum absolute atomic E-state index is 11.2. The summed E-state index contributed by atoms with van der Waals surface area (Å²) in [5.41, 5.74) is 3.48. The first kappa shape index (κ1) is 18.2.